The predicted molar refractivity (Wildman–Crippen MR) is 134 cm³/mol. The smallest absolute Gasteiger partial charge is 0.244 e. The van der Waals surface area contributed by atoms with Crippen molar-refractivity contribution in [1.82, 2.24) is 10.2 Å². The van der Waals surface area contributed by atoms with Crippen LogP contribution in [0, 0.1) is 6.92 Å². The van der Waals surface area contributed by atoms with Crippen LogP contribution in [0.15, 0.2) is 48.5 Å². The highest BCUT2D eigenvalue weighted by Gasteiger charge is 2.31. The van der Waals surface area contributed by atoms with Gasteiger partial charge in [0.15, 0.2) is 0 Å². The Morgan fingerprint density at radius 3 is 2.38 bits per heavy atom. The van der Waals surface area contributed by atoms with Crippen LogP contribution >= 0.6 is 0 Å². The lowest BCUT2D eigenvalue weighted by molar-refractivity contribution is -0.140. The molecule has 0 aliphatic carbocycles. The van der Waals surface area contributed by atoms with Crippen LogP contribution in [0.3, 0.4) is 0 Å². The van der Waals surface area contributed by atoms with Crippen LogP contribution in [0.5, 0.6) is 5.75 Å². The molecule has 1 atom stereocenters. The van der Waals surface area contributed by atoms with E-state index in [2.05, 4.69) is 5.32 Å². The number of carbonyl (C=O) groups excluding carboxylic acids is 2. The van der Waals surface area contributed by atoms with Gasteiger partial charge in [-0.2, -0.15) is 0 Å². The summed E-state index contributed by atoms with van der Waals surface area (Å²) in [5.74, 6) is -0.244. The summed E-state index contributed by atoms with van der Waals surface area (Å²) in [5.41, 5.74) is 2.21. The third-order valence-corrected chi connectivity index (χ3v) is 6.53. The van der Waals surface area contributed by atoms with Crippen LogP contribution in [-0.2, 0) is 26.2 Å². The summed E-state index contributed by atoms with van der Waals surface area (Å²) in [7, 11) is -2.30. The van der Waals surface area contributed by atoms with Gasteiger partial charge in [0.2, 0.25) is 21.8 Å². The molecule has 186 valence electrons. The molecule has 0 fully saturated rings. The maximum absolute atomic E-state index is 13.6. The normalized spacial score (nSPS) is 12.0. The average molecular weight is 490 g/mol. The van der Waals surface area contributed by atoms with Gasteiger partial charge in [0.25, 0.3) is 0 Å². The van der Waals surface area contributed by atoms with Crippen molar-refractivity contribution in [3.63, 3.8) is 0 Å². The Balaban J connectivity index is 2.43. The van der Waals surface area contributed by atoms with Crippen molar-refractivity contribution in [2.24, 2.45) is 0 Å². The molecule has 0 radical (unpaired) electrons. The van der Waals surface area contributed by atoms with Crippen molar-refractivity contribution in [2.75, 3.05) is 30.8 Å². The van der Waals surface area contributed by atoms with Gasteiger partial charge in [-0.3, -0.25) is 13.9 Å². The molecule has 9 heteroatoms. The van der Waals surface area contributed by atoms with Crippen molar-refractivity contribution in [2.45, 2.75) is 46.2 Å². The zero-order chi connectivity index (χ0) is 25.3. The van der Waals surface area contributed by atoms with Crippen LogP contribution in [0.4, 0.5) is 5.69 Å². The molecule has 2 rings (SSSR count). The molecular formula is C25H35N3O5S. The molecule has 0 spiro atoms. The molecule has 0 aliphatic heterocycles. The molecule has 2 aromatic rings. The van der Waals surface area contributed by atoms with Gasteiger partial charge >= 0.3 is 0 Å². The van der Waals surface area contributed by atoms with E-state index in [9.17, 15) is 18.0 Å². The maximum atomic E-state index is 13.6. The third kappa shape index (κ3) is 7.48. The molecule has 8 nitrogen and oxygen atoms in total. The van der Waals surface area contributed by atoms with E-state index in [0.29, 0.717) is 24.4 Å². The summed E-state index contributed by atoms with van der Waals surface area (Å²) >= 11 is 0. The van der Waals surface area contributed by atoms with E-state index < -0.39 is 28.5 Å². The number of nitrogens with zero attached hydrogens (tertiary/aromatic N) is 2. The standard InChI is InChI=1S/C25H35N3O5S/c1-6-14-26-25(30)23(7-2)27(17-20-11-8-10-19(3)15-20)24(29)18-28(34(5,31)32)21-12-9-13-22(16-21)33-4/h8-13,15-16,23H,6-7,14,17-18H2,1-5H3,(H,26,30). The average Bonchev–Trinajstić information content (AvgIpc) is 2.80. The number of amides is 2. The molecule has 0 heterocycles. The van der Waals surface area contributed by atoms with Crippen LogP contribution in [-0.4, -0.2) is 57.6 Å². The highest BCUT2D eigenvalue weighted by atomic mass is 32.2. The molecule has 0 bridgehead atoms. The summed E-state index contributed by atoms with van der Waals surface area (Å²) in [6.07, 6.45) is 2.22. The minimum Gasteiger partial charge on any atom is -0.497 e. The molecule has 0 saturated heterocycles. The highest BCUT2D eigenvalue weighted by Crippen LogP contribution is 2.24. The van der Waals surface area contributed by atoms with E-state index in [1.54, 1.807) is 24.3 Å². The van der Waals surface area contributed by atoms with E-state index in [1.165, 1.54) is 12.0 Å². The largest absolute Gasteiger partial charge is 0.497 e. The van der Waals surface area contributed by atoms with Crippen LogP contribution < -0.4 is 14.4 Å². The number of sulfonamides is 1. The molecule has 0 aromatic heterocycles. The number of benzene rings is 2. The lowest BCUT2D eigenvalue weighted by Crippen LogP contribution is -2.52. The monoisotopic (exact) mass is 489 g/mol. The fourth-order valence-electron chi connectivity index (χ4n) is 3.67. The molecule has 0 aliphatic rings. The highest BCUT2D eigenvalue weighted by molar-refractivity contribution is 7.92. The molecule has 0 saturated carbocycles. The summed E-state index contributed by atoms with van der Waals surface area (Å²) in [5, 5.41) is 2.86. The Bertz CT molecular complexity index is 1090. The van der Waals surface area contributed by atoms with Crippen molar-refractivity contribution < 1.29 is 22.7 Å². The molecule has 34 heavy (non-hydrogen) atoms. The predicted octanol–water partition coefficient (Wildman–Crippen LogP) is 3.10. The first-order valence-electron chi connectivity index (χ1n) is 11.3. The van der Waals surface area contributed by atoms with E-state index in [4.69, 9.17) is 4.74 Å². The maximum Gasteiger partial charge on any atom is 0.244 e. The first kappa shape index (κ1) is 27.2. The van der Waals surface area contributed by atoms with Crippen LogP contribution in [0.1, 0.15) is 37.8 Å². The van der Waals surface area contributed by atoms with Gasteiger partial charge < -0.3 is 15.0 Å². The van der Waals surface area contributed by atoms with Crippen LogP contribution in [0.2, 0.25) is 0 Å². The number of ether oxygens (including phenoxy) is 1. The summed E-state index contributed by atoms with van der Waals surface area (Å²) in [4.78, 5) is 28.0. The zero-order valence-corrected chi connectivity index (χ0v) is 21.4. The summed E-state index contributed by atoms with van der Waals surface area (Å²) in [6, 6.07) is 13.5. The fourth-order valence-corrected chi connectivity index (χ4v) is 4.51. The first-order valence-corrected chi connectivity index (χ1v) is 13.2. The van der Waals surface area contributed by atoms with Gasteiger partial charge in [0.1, 0.15) is 18.3 Å². The molecular weight excluding hydrogens is 454 g/mol. The van der Waals surface area contributed by atoms with E-state index in [-0.39, 0.29) is 12.5 Å². The van der Waals surface area contributed by atoms with E-state index in [0.717, 1.165) is 28.1 Å². The molecule has 2 amide bonds. The second-order valence-electron chi connectivity index (χ2n) is 8.20. The lowest BCUT2D eigenvalue weighted by atomic mass is 10.1. The number of methoxy groups -OCH3 is 1. The number of hydrogen-bond donors (Lipinski definition) is 1. The zero-order valence-electron chi connectivity index (χ0n) is 20.6. The SMILES string of the molecule is CCCNC(=O)C(CC)N(Cc1cccc(C)c1)C(=O)CN(c1cccc(OC)c1)S(C)(=O)=O. The van der Waals surface area contributed by atoms with E-state index >= 15 is 0 Å². The van der Waals surface area contributed by atoms with Crippen molar-refractivity contribution in [3.8, 4) is 5.75 Å². The van der Waals surface area contributed by atoms with Crippen molar-refractivity contribution in [1.29, 1.82) is 0 Å². The fraction of sp³-hybridized carbons (Fsp3) is 0.440. The van der Waals surface area contributed by atoms with Gasteiger partial charge in [-0.05, 0) is 37.5 Å². The number of rotatable bonds is 12. The second-order valence-corrected chi connectivity index (χ2v) is 10.1. The van der Waals surface area contributed by atoms with Crippen molar-refractivity contribution >= 4 is 27.5 Å². The quantitative estimate of drug-likeness (QED) is 0.494. The summed E-state index contributed by atoms with van der Waals surface area (Å²) < 4.78 is 31.5. The third-order valence-electron chi connectivity index (χ3n) is 5.39. The number of hydrogen-bond acceptors (Lipinski definition) is 5. The van der Waals surface area contributed by atoms with Gasteiger partial charge in [-0.1, -0.05) is 49.7 Å². The second kappa shape index (κ2) is 12.4. The Morgan fingerprint density at radius 2 is 1.79 bits per heavy atom. The van der Waals surface area contributed by atoms with Crippen molar-refractivity contribution in [3.05, 3.63) is 59.7 Å². The Morgan fingerprint density at radius 1 is 1.09 bits per heavy atom. The number of nitrogens with one attached hydrogen (secondary N) is 1. The Labute approximate surface area is 202 Å². The van der Waals surface area contributed by atoms with Gasteiger partial charge in [-0.25, -0.2) is 8.42 Å². The molecule has 1 N–H and O–H groups in total. The summed E-state index contributed by atoms with van der Waals surface area (Å²) in [6.45, 7) is 6.00. The van der Waals surface area contributed by atoms with Crippen LogP contribution in [0.25, 0.3) is 0 Å². The number of anilines is 1. The molecule has 2 aromatic carbocycles. The minimum absolute atomic E-state index is 0.189. The molecule has 1 unspecified atom stereocenters. The Kier molecular flexibility index (Phi) is 9.92. The minimum atomic E-state index is -3.79. The number of carbonyl (C=O) groups is 2. The number of aryl methyl sites for hydroxylation is 1. The topological polar surface area (TPSA) is 96.0 Å². The van der Waals surface area contributed by atoms with Gasteiger partial charge in [-0.15, -0.1) is 0 Å². The van der Waals surface area contributed by atoms with Gasteiger partial charge in [0.05, 0.1) is 19.1 Å². The first-order chi connectivity index (χ1) is 16.1. The Hall–Kier alpha value is -3.07. The lowest BCUT2D eigenvalue weighted by Gasteiger charge is -2.33. The van der Waals surface area contributed by atoms with Gasteiger partial charge in [0, 0.05) is 19.2 Å². The van der Waals surface area contributed by atoms with E-state index in [1.807, 2.05) is 45.0 Å².